The molecule has 1 aliphatic heterocycles. The molecule has 7 heteroatoms. The maximum absolute atomic E-state index is 12.6. The fraction of sp³-hybridized carbons (Fsp3) is 0.103. The average Bonchev–Trinajstić information content (AvgIpc) is 3.22. The Morgan fingerprint density at radius 2 is 1.69 bits per heavy atom. The molecule has 36 heavy (non-hydrogen) atoms. The molecule has 1 saturated heterocycles. The third-order valence-corrected chi connectivity index (χ3v) is 7.88. The van der Waals surface area contributed by atoms with Crippen LogP contribution in [0.15, 0.2) is 97.7 Å². The van der Waals surface area contributed by atoms with Gasteiger partial charge in [0.05, 0.1) is 19.5 Å². The molecular weight excluding hydrogens is 600 g/mol. The van der Waals surface area contributed by atoms with E-state index >= 15 is 0 Å². The van der Waals surface area contributed by atoms with Crippen LogP contribution in [0.2, 0.25) is 0 Å². The molecule has 4 aromatic rings. The maximum Gasteiger partial charge on any atom is 0.264 e. The lowest BCUT2D eigenvalue weighted by atomic mass is 10.1. The zero-order valence-electron chi connectivity index (χ0n) is 19.4. The number of carbonyl (C=O) groups is 1. The average molecular weight is 622 g/mol. The van der Waals surface area contributed by atoms with Crippen LogP contribution in [0.1, 0.15) is 23.6 Å². The van der Waals surface area contributed by atoms with Crippen LogP contribution in [0.3, 0.4) is 0 Å². The Kier molecular flexibility index (Phi) is 7.60. The van der Waals surface area contributed by atoms with Gasteiger partial charge in [-0.2, -0.15) is 0 Å². The summed E-state index contributed by atoms with van der Waals surface area (Å²) in [5.41, 5.74) is 4.06. The highest BCUT2D eigenvalue weighted by Gasteiger charge is 2.24. The van der Waals surface area contributed by atoms with Gasteiger partial charge in [-0.25, -0.2) is 4.99 Å². The van der Waals surface area contributed by atoms with Gasteiger partial charge < -0.3 is 10.1 Å². The standard InChI is InChI=1S/C29H22Br2N2O2S/c1-2-18-10-12-22(13-11-18)32-29-33-28(34)26(36-29)16-19-14-24(30)27(25(31)15-19)35-17-21-8-5-7-20-6-3-4-9-23(20)21/h3-16H,2,17H2,1H3,(H,32,33,34)/b26-16-. The van der Waals surface area contributed by atoms with Crippen molar-refractivity contribution in [3.8, 4) is 5.75 Å². The normalized spacial score (nSPS) is 15.6. The molecule has 5 rings (SSSR count). The van der Waals surface area contributed by atoms with Crippen LogP contribution >= 0.6 is 43.6 Å². The molecule has 1 heterocycles. The highest BCUT2D eigenvalue weighted by molar-refractivity contribution is 9.11. The number of thioether (sulfide) groups is 1. The molecule has 1 N–H and O–H groups in total. The molecule has 4 aromatic carbocycles. The topological polar surface area (TPSA) is 50.7 Å². The van der Waals surface area contributed by atoms with Gasteiger partial charge in [0, 0.05) is 0 Å². The molecule has 0 bridgehead atoms. The third-order valence-electron chi connectivity index (χ3n) is 5.80. The zero-order chi connectivity index (χ0) is 25.1. The quantitative estimate of drug-likeness (QED) is 0.220. The van der Waals surface area contributed by atoms with E-state index in [2.05, 4.69) is 85.5 Å². The molecule has 0 aromatic heterocycles. The second kappa shape index (κ2) is 11.0. The first-order chi connectivity index (χ1) is 17.5. The van der Waals surface area contributed by atoms with Crippen molar-refractivity contribution in [1.82, 2.24) is 5.32 Å². The van der Waals surface area contributed by atoms with Gasteiger partial charge >= 0.3 is 0 Å². The van der Waals surface area contributed by atoms with Gasteiger partial charge in [0.15, 0.2) is 5.17 Å². The zero-order valence-corrected chi connectivity index (χ0v) is 23.4. The number of carbonyl (C=O) groups excluding carboxylic acids is 1. The van der Waals surface area contributed by atoms with Crippen molar-refractivity contribution in [3.05, 3.63) is 109 Å². The lowest BCUT2D eigenvalue weighted by Gasteiger charge is -2.13. The van der Waals surface area contributed by atoms with Crippen molar-refractivity contribution < 1.29 is 9.53 Å². The van der Waals surface area contributed by atoms with Gasteiger partial charge in [0.25, 0.3) is 5.91 Å². The van der Waals surface area contributed by atoms with Crippen LogP contribution in [-0.4, -0.2) is 11.1 Å². The summed E-state index contributed by atoms with van der Waals surface area (Å²) in [6.45, 7) is 2.56. The van der Waals surface area contributed by atoms with E-state index in [-0.39, 0.29) is 5.91 Å². The monoisotopic (exact) mass is 620 g/mol. The Balaban J connectivity index is 1.32. The fourth-order valence-corrected chi connectivity index (χ4v) is 6.22. The van der Waals surface area contributed by atoms with Crippen LogP contribution in [0.4, 0.5) is 5.69 Å². The molecule has 4 nitrogen and oxygen atoms in total. The summed E-state index contributed by atoms with van der Waals surface area (Å²) in [6, 6.07) is 26.4. The number of aliphatic imine (C=N–C) groups is 1. The number of halogens is 2. The predicted molar refractivity (Wildman–Crippen MR) is 157 cm³/mol. The maximum atomic E-state index is 12.6. The van der Waals surface area contributed by atoms with Gasteiger partial charge in [0.2, 0.25) is 0 Å². The van der Waals surface area contributed by atoms with Crippen molar-refractivity contribution in [2.24, 2.45) is 4.99 Å². The number of ether oxygens (including phenoxy) is 1. The SMILES string of the molecule is CCc1ccc(N=C2NC(=O)/C(=C/c3cc(Br)c(OCc4cccc5ccccc45)c(Br)c3)S2)cc1. The molecule has 1 fully saturated rings. The Hall–Kier alpha value is -2.87. The Bertz CT molecular complexity index is 1490. The Morgan fingerprint density at radius 3 is 2.44 bits per heavy atom. The van der Waals surface area contributed by atoms with E-state index in [0.717, 1.165) is 32.2 Å². The number of amides is 1. The molecule has 1 amide bonds. The van der Waals surface area contributed by atoms with Gasteiger partial charge in [0.1, 0.15) is 12.4 Å². The number of benzene rings is 4. The number of aryl methyl sites for hydroxylation is 1. The summed E-state index contributed by atoms with van der Waals surface area (Å²) in [4.78, 5) is 17.7. The van der Waals surface area contributed by atoms with Gasteiger partial charge in [-0.1, -0.05) is 61.5 Å². The number of rotatable bonds is 6. The van der Waals surface area contributed by atoms with Crippen molar-refractivity contribution in [2.75, 3.05) is 0 Å². The van der Waals surface area contributed by atoms with E-state index in [9.17, 15) is 4.79 Å². The molecule has 0 aliphatic carbocycles. The van der Waals surface area contributed by atoms with E-state index in [1.54, 1.807) is 0 Å². The minimum atomic E-state index is -0.160. The lowest BCUT2D eigenvalue weighted by molar-refractivity contribution is -0.115. The molecule has 0 radical (unpaired) electrons. The lowest BCUT2D eigenvalue weighted by Crippen LogP contribution is -2.19. The van der Waals surface area contributed by atoms with E-state index in [1.807, 2.05) is 48.5 Å². The van der Waals surface area contributed by atoms with E-state index in [4.69, 9.17) is 4.74 Å². The van der Waals surface area contributed by atoms with Crippen LogP contribution in [0.5, 0.6) is 5.75 Å². The number of hydrogen-bond donors (Lipinski definition) is 1. The first kappa shape index (κ1) is 24.8. The van der Waals surface area contributed by atoms with Gasteiger partial charge in [-0.3, -0.25) is 4.79 Å². The molecule has 0 unspecified atom stereocenters. The second-order valence-electron chi connectivity index (χ2n) is 8.24. The van der Waals surface area contributed by atoms with Crippen LogP contribution < -0.4 is 10.1 Å². The van der Waals surface area contributed by atoms with Crippen molar-refractivity contribution in [3.63, 3.8) is 0 Å². The van der Waals surface area contributed by atoms with Crippen molar-refractivity contribution >= 4 is 77.2 Å². The van der Waals surface area contributed by atoms with Gasteiger partial charge in [-0.05, 0) is 108 Å². The van der Waals surface area contributed by atoms with Crippen molar-refractivity contribution in [2.45, 2.75) is 20.0 Å². The molecule has 0 spiro atoms. The highest BCUT2D eigenvalue weighted by atomic mass is 79.9. The molecule has 0 atom stereocenters. The van der Waals surface area contributed by atoms with Crippen molar-refractivity contribution in [1.29, 1.82) is 0 Å². The van der Waals surface area contributed by atoms with Crippen LogP contribution in [0.25, 0.3) is 16.8 Å². The van der Waals surface area contributed by atoms with Gasteiger partial charge in [-0.15, -0.1) is 0 Å². The summed E-state index contributed by atoms with van der Waals surface area (Å²) in [7, 11) is 0. The highest BCUT2D eigenvalue weighted by Crippen LogP contribution is 2.37. The predicted octanol–water partition coefficient (Wildman–Crippen LogP) is 8.40. The largest absolute Gasteiger partial charge is 0.487 e. The van der Waals surface area contributed by atoms with Crippen LogP contribution in [-0.2, 0) is 17.8 Å². The van der Waals surface area contributed by atoms with Crippen LogP contribution in [0, 0.1) is 0 Å². The third kappa shape index (κ3) is 5.59. The summed E-state index contributed by atoms with van der Waals surface area (Å²) in [5, 5.41) is 5.79. The molecule has 0 saturated carbocycles. The minimum absolute atomic E-state index is 0.160. The van der Waals surface area contributed by atoms with E-state index in [0.29, 0.717) is 22.4 Å². The van der Waals surface area contributed by atoms with E-state index in [1.165, 1.54) is 28.1 Å². The van der Waals surface area contributed by atoms with E-state index < -0.39 is 0 Å². The number of nitrogens with zero attached hydrogens (tertiary/aromatic N) is 1. The molecule has 180 valence electrons. The number of amidine groups is 1. The smallest absolute Gasteiger partial charge is 0.264 e. The Morgan fingerprint density at radius 1 is 0.972 bits per heavy atom. The summed E-state index contributed by atoms with van der Waals surface area (Å²) in [6.07, 6.45) is 2.83. The number of hydrogen-bond acceptors (Lipinski definition) is 4. The summed E-state index contributed by atoms with van der Waals surface area (Å²) >= 11 is 8.61. The summed E-state index contributed by atoms with van der Waals surface area (Å²) < 4.78 is 7.80. The number of fused-ring (bicyclic) bond motifs is 1. The number of nitrogens with one attached hydrogen (secondary N) is 1. The minimum Gasteiger partial charge on any atom is -0.487 e. The molecule has 1 aliphatic rings. The molecular formula is C29H22Br2N2O2S. The summed E-state index contributed by atoms with van der Waals surface area (Å²) in [5.74, 6) is 0.554. The Labute approximate surface area is 231 Å². The second-order valence-corrected chi connectivity index (χ2v) is 11.0. The fourth-order valence-electron chi connectivity index (χ4n) is 3.92. The first-order valence-electron chi connectivity index (χ1n) is 11.5. The first-order valence-corrected chi connectivity index (χ1v) is 13.9.